The van der Waals surface area contributed by atoms with Crippen LogP contribution in [0.2, 0.25) is 0 Å². The molecule has 1 aromatic carbocycles. The second-order valence-corrected chi connectivity index (χ2v) is 9.17. The molecule has 26 heavy (non-hydrogen) atoms. The Kier molecular flexibility index (Phi) is 7.46. The highest BCUT2D eigenvalue weighted by atomic mass is 32.2. The van der Waals surface area contributed by atoms with Crippen molar-refractivity contribution in [2.75, 3.05) is 26.0 Å². The average Bonchev–Trinajstić information content (AvgIpc) is 2.61. The van der Waals surface area contributed by atoms with Crippen molar-refractivity contribution in [2.45, 2.75) is 50.0 Å². The second-order valence-electron chi connectivity index (χ2n) is 7.15. The Balaban J connectivity index is 1.66. The fraction of sp³-hybridized carbons (Fsp3) is 0.632. The number of ether oxygens (including phenoxy) is 1. The minimum Gasteiger partial charge on any atom is -0.494 e. The Morgan fingerprint density at radius 1 is 1.31 bits per heavy atom. The summed E-state index contributed by atoms with van der Waals surface area (Å²) in [6.45, 7) is 4.14. The number of amides is 1. The molecule has 0 bridgehead atoms. The fourth-order valence-corrected chi connectivity index (χ4v) is 3.81. The second kappa shape index (κ2) is 9.37. The highest BCUT2D eigenvalue weighted by molar-refractivity contribution is 7.90. The van der Waals surface area contributed by atoms with Gasteiger partial charge in [0, 0.05) is 31.8 Å². The number of nitrogens with zero attached hydrogens (tertiary/aromatic N) is 1. The van der Waals surface area contributed by atoms with E-state index in [4.69, 9.17) is 10.5 Å². The first-order valence-electron chi connectivity index (χ1n) is 9.23. The average molecular weight is 383 g/mol. The molecule has 2 atom stereocenters. The molecule has 0 aliphatic carbocycles. The molecule has 7 heteroatoms. The van der Waals surface area contributed by atoms with Crippen LogP contribution < -0.4 is 10.5 Å². The Morgan fingerprint density at radius 2 is 2.00 bits per heavy atom. The smallest absolute Gasteiger partial charge is 0.222 e. The number of likely N-dealkylation sites (tertiary alicyclic amines) is 1. The van der Waals surface area contributed by atoms with Crippen LogP contribution in [0.4, 0.5) is 0 Å². The molecule has 0 radical (unpaired) electrons. The van der Waals surface area contributed by atoms with Crippen molar-refractivity contribution < 1.29 is 17.9 Å². The number of benzene rings is 1. The van der Waals surface area contributed by atoms with Gasteiger partial charge in [0.1, 0.15) is 5.75 Å². The van der Waals surface area contributed by atoms with E-state index in [1.807, 2.05) is 11.8 Å². The third-order valence-electron chi connectivity index (χ3n) is 4.86. The van der Waals surface area contributed by atoms with Crippen LogP contribution in [0.15, 0.2) is 29.2 Å². The Bertz CT molecular complexity index is 686. The molecule has 6 nitrogen and oxygen atoms in total. The van der Waals surface area contributed by atoms with Crippen molar-refractivity contribution in [3.05, 3.63) is 24.3 Å². The molecule has 2 rings (SSSR count). The maximum absolute atomic E-state index is 12.3. The zero-order chi connectivity index (χ0) is 19.2. The summed E-state index contributed by atoms with van der Waals surface area (Å²) in [6.07, 6.45) is 5.41. The van der Waals surface area contributed by atoms with Crippen LogP contribution in [-0.2, 0) is 14.6 Å². The maximum Gasteiger partial charge on any atom is 0.222 e. The highest BCUT2D eigenvalue weighted by Crippen LogP contribution is 2.20. The zero-order valence-corrected chi connectivity index (χ0v) is 16.5. The van der Waals surface area contributed by atoms with Crippen LogP contribution in [-0.4, -0.2) is 51.2 Å². The van der Waals surface area contributed by atoms with Gasteiger partial charge in [0.2, 0.25) is 5.91 Å². The summed E-state index contributed by atoms with van der Waals surface area (Å²) >= 11 is 0. The molecule has 1 amide bonds. The SMILES string of the molecule is CC(N)C1CCCN(C(=O)CCCCOc2ccc(S(C)(=O)=O)cc2)C1. The van der Waals surface area contributed by atoms with Gasteiger partial charge in [-0.1, -0.05) is 0 Å². The van der Waals surface area contributed by atoms with Gasteiger partial charge in [-0.15, -0.1) is 0 Å². The van der Waals surface area contributed by atoms with E-state index in [1.165, 1.54) is 6.26 Å². The number of sulfone groups is 1. The first kappa shape index (κ1) is 20.7. The summed E-state index contributed by atoms with van der Waals surface area (Å²) in [4.78, 5) is 14.5. The summed E-state index contributed by atoms with van der Waals surface area (Å²) in [5.74, 6) is 1.25. The van der Waals surface area contributed by atoms with Crippen molar-refractivity contribution in [1.82, 2.24) is 4.90 Å². The van der Waals surface area contributed by atoms with E-state index in [2.05, 4.69) is 0 Å². The van der Waals surface area contributed by atoms with Gasteiger partial charge in [0.15, 0.2) is 9.84 Å². The number of nitrogens with two attached hydrogens (primary N) is 1. The normalized spacial score (nSPS) is 19.2. The lowest BCUT2D eigenvalue weighted by Gasteiger charge is -2.34. The molecule has 2 N–H and O–H groups in total. The van der Waals surface area contributed by atoms with E-state index < -0.39 is 9.84 Å². The Morgan fingerprint density at radius 3 is 2.62 bits per heavy atom. The van der Waals surface area contributed by atoms with Gasteiger partial charge in [-0.05, 0) is 62.8 Å². The van der Waals surface area contributed by atoms with Gasteiger partial charge in [0.25, 0.3) is 0 Å². The third kappa shape index (κ3) is 6.29. The summed E-state index contributed by atoms with van der Waals surface area (Å²) in [5.41, 5.74) is 5.97. The predicted octanol–water partition coefficient (Wildman–Crippen LogP) is 2.22. The van der Waals surface area contributed by atoms with Gasteiger partial charge in [-0.25, -0.2) is 8.42 Å². The van der Waals surface area contributed by atoms with Crippen LogP contribution in [0, 0.1) is 5.92 Å². The summed E-state index contributed by atoms with van der Waals surface area (Å²) in [6, 6.07) is 6.53. The van der Waals surface area contributed by atoms with Gasteiger partial charge < -0.3 is 15.4 Å². The zero-order valence-electron chi connectivity index (χ0n) is 15.7. The van der Waals surface area contributed by atoms with Crippen LogP contribution in [0.3, 0.4) is 0 Å². The molecule has 1 aliphatic rings. The number of unbranched alkanes of at least 4 members (excludes halogenated alkanes) is 1. The van der Waals surface area contributed by atoms with Crippen molar-refractivity contribution in [3.8, 4) is 5.75 Å². The molecule has 1 saturated heterocycles. The molecular formula is C19H30N2O4S. The minimum absolute atomic E-state index is 0.132. The first-order valence-corrected chi connectivity index (χ1v) is 11.1. The van der Waals surface area contributed by atoms with Crippen molar-refractivity contribution >= 4 is 15.7 Å². The predicted molar refractivity (Wildman–Crippen MR) is 102 cm³/mol. The molecule has 1 heterocycles. The molecule has 0 saturated carbocycles. The molecular weight excluding hydrogens is 352 g/mol. The van der Waals surface area contributed by atoms with Gasteiger partial charge >= 0.3 is 0 Å². The lowest BCUT2D eigenvalue weighted by atomic mass is 9.92. The highest BCUT2D eigenvalue weighted by Gasteiger charge is 2.25. The lowest BCUT2D eigenvalue weighted by Crippen LogP contribution is -2.45. The molecule has 1 aromatic rings. The summed E-state index contributed by atoms with van der Waals surface area (Å²) < 4.78 is 28.4. The van der Waals surface area contributed by atoms with Gasteiger partial charge in [0.05, 0.1) is 11.5 Å². The molecule has 1 aliphatic heterocycles. The van der Waals surface area contributed by atoms with E-state index in [9.17, 15) is 13.2 Å². The van der Waals surface area contributed by atoms with E-state index in [0.29, 0.717) is 24.7 Å². The van der Waals surface area contributed by atoms with Gasteiger partial charge in [-0.2, -0.15) is 0 Å². The largest absolute Gasteiger partial charge is 0.494 e. The van der Waals surface area contributed by atoms with Gasteiger partial charge in [-0.3, -0.25) is 4.79 Å². The van der Waals surface area contributed by atoms with E-state index >= 15 is 0 Å². The first-order chi connectivity index (χ1) is 12.3. The molecule has 0 spiro atoms. The molecule has 0 aromatic heterocycles. The minimum atomic E-state index is -3.18. The monoisotopic (exact) mass is 382 g/mol. The van der Waals surface area contributed by atoms with E-state index in [0.717, 1.165) is 38.8 Å². The maximum atomic E-state index is 12.3. The molecule has 146 valence electrons. The third-order valence-corrected chi connectivity index (χ3v) is 5.99. The lowest BCUT2D eigenvalue weighted by molar-refractivity contribution is -0.133. The topological polar surface area (TPSA) is 89.7 Å². The molecule has 2 unspecified atom stereocenters. The van der Waals surface area contributed by atoms with E-state index in [-0.39, 0.29) is 16.8 Å². The number of piperidine rings is 1. The van der Waals surface area contributed by atoms with E-state index in [1.54, 1.807) is 24.3 Å². The van der Waals surface area contributed by atoms with Crippen molar-refractivity contribution in [2.24, 2.45) is 11.7 Å². The number of rotatable bonds is 8. The molecule has 1 fully saturated rings. The van der Waals surface area contributed by atoms with Crippen LogP contribution in [0.25, 0.3) is 0 Å². The Labute approximate surface area is 156 Å². The summed E-state index contributed by atoms with van der Waals surface area (Å²) in [7, 11) is -3.18. The summed E-state index contributed by atoms with van der Waals surface area (Å²) in [5, 5.41) is 0. The van der Waals surface area contributed by atoms with Crippen molar-refractivity contribution in [3.63, 3.8) is 0 Å². The number of hydrogen-bond acceptors (Lipinski definition) is 5. The van der Waals surface area contributed by atoms with Crippen molar-refractivity contribution in [1.29, 1.82) is 0 Å². The number of carbonyl (C=O) groups excluding carboxylic acids is 1. The Hall–Kier alpha value is -1.60. The fourth-order valence-electron chi connectivity index (χ4n) is 3.18. The van der Waals surface area contributed by atoms with Crippen LogP contribution >= 0.6 is 0 Å². The standard InChI is InChI=1S/C19H30N2O4S/c1-15(20)16-6-5-12-21(14-16)19(22)7-3-4-13-25-17-8-10-18(11-9-17)26(2,23)24/h8-11,15-16H,3-7,12-14,20H2,1-2H3. The van der Waals surface area contributed by atoms with Crippen LogP contribution in [0.5, 0.6) is 5.75 Å². The number of carbonyl (C=O) groups is 1. The number of hydrogen-bond donors (Lipinski definition) is 1. The van der Waals surface area contributed by atoms with Crippen LogP contribution in [0.1, 0.15) is 39.0 Å². The quantitative estimate of drug-likeness (QED) is 0.696.